The predicted octanol–water partition coefficient (Wildman–Crippen LogP) is -50.3. The van der Waals surface area contributed by atoms with Gasteiger partial charge in [0.2, 0.25) is 0 Å². The fourth-order valence-corrected chi connectivity index (χ4v) is 22.0. The summed E-state index contributed by atoms with van der Waals surface area (Å²) in [5.74, 6) is 0. The molecule has 0 aliphatic heterocycles. The van der Waals surface area contributed by atoms with Gasteiger partial charge in [0.1, 0.15) is 0 Å². The van der Waals surface area contributed by atoms with E-state index in [-0.39, 0.29) is 0 Å². The summed E-state index contributed by atoms with van der Waals surface area (Å²) in [6.07, 6.45) is 22.2. The average Bonchev–Trinajstić information content (AvgIpc) is 3.26. The third-order valence-corrected chi connectivity index (χ3v) is 24.1. The zero-order valence-corrected chi connectivity index (χ0v) is 62.6. The zero-order valence-electron chi connectivity index (χ0n) is 62.6. The molecular weight excluding hydrogens is 855 g/mol. The maximum Gasteiger partial charge on any atom is 0.0593 e. The summed E-state index contributed by atoms with van der Waals surface area (Å²) in [6, 6.07) is 0. The van der Waals surface area contributed by atoms with Crippen molar-refractivity contribution in [1.29, 1.82) is 0 Å². The zero-order chi connectivity index (χ0) is 62.6. The van der Waals surface area contributed by atoms with Gasteiger partial charge < -0.3 is 0 Å². The molecule has 0 aromatic heterocycles. The van der Waals surface area contributed by atoms with Crippen LogP contribution in [0.3, 0.4) is 0 Å². The van der Waals surface area contributed by atoms with E-state index >= 15 is 0 Å². The maximum atomic E-state index is 3.05. The van der Waals surface area contributed by atoms with Gasteiger partial charge in [-0.05, 0) is 0 Å². The monoisotopic (exact) mass is 953 g/mol. The van der Waals surface area contributed by atoms with Gasteiger partial charge in [0.25, 0.3) is 0 Å². The molecule has 0 nitrogen and oxygen atoms in total. The van der Waals surface area contributed by atoms with Crippen LogP contribution in [-0.2, 0) is 0 Å². The lowest BCUT2D eigenvalue weighted by atomic mass is 8.22. The Labute approximate surface area is 553 Å². The van der Waals surface area contributed by atoms with Crippen LogP contribution in [0.2, 0.25) is 6.82 Å². The van der Waals surface area contributed by atoms with Crippen molar-refractivity contribution in [1.82, 2.24) is 0 Å². The van der Waals surface area contributed by atoms with Crippen LogP contribution < -0.4 is 0 Å². The summed E-state index contributed by atoms with van der Waals surface area (Å²) in [5, 5.41) is 0. The van der Waals surface area contributed by atoms with E-state index in [4.69, 9.17) is 0 Å². The summed E-state index contributed by atoms with van der Waals surface area (Å²) < 4.78 is 0. The number of hydrogen-bond acceptors (Lipinski definition) is 0. The highest BCUT2D eigenvalue weighted by atomic mass is 13.5. The first-order valence-electron chi connectivity index (χ1n) is 36.0. The number of rotatable bonds is 38. The molecule has 0 radical (unpaired) electrons. The third kappa shape index (κ3) is 22.7. The normalized spacial score (nSPS) is 9.78. The molecule has 0 aromatic rings. The van der Waals surface area contributed by atoms with Crippen LogP contribution >= 0.6 is 0 Å². The molecule has 0 saturated heterocycles. The van der Waals surface area contributed by atoms with E-state index in [9.17, 15) is 0 Å². The number of hydrogen-bond donors (Lipinski definition) is 0. The molecule has 0 saturated carbocycles. The standard InChI is InChI=1S/CH82B78/c1-42(64(66(46(9)10)47(11)12)72(58(33)34)61(39)43(3)4)65(76(69(52(21)22)53(23)24)73(59(35)36)63(41-2)45(7)8)77(78(70(54(25)26)55(27)28)74(60(37)38)67(48(13)14)49(15)16)79(71(56(29)30)57(31)32)75(62(40)44(5)6)68(50(17)18)51(19)20/h41H,2-40H2,1H3. The lowest BCUT2D eigenvalue weighted by Gasteiger charge is -2.59. The summed E-state index contributed by atoms with van der Waals surface area (Å²) in [7, 11) is 106. The Morgan fingerprint density at radius 3 is 0.570 bits per heavy atom. The largest absolute Gasteiger partial charge is 0.101 e. The van der Waals surface area contributed by atoms with Crippen LogP contribution in [0.1, 0.15) is 0 Å². The fourth-order valence-electron chi connectivity index (χ4n) is 22.0. The van der Waals surface area contributed by atoms with E-state index in [0.717, 1.165) is 0 Å². The molecule has 0 aliphatic rings. The highest BCUT2D eigenvalue weighted by Crippen LogP contribution is 2.27. The second-order valence-corrected chi connectivity index (χ2v) is 35.3. The van der Waals surface area contributed by atoms with Gasteiger partial charge in [0.05, 0.1) is 302 Å². The molecule has 0 atom stereocenters. The molecule has 79 heavy (non-hydrogen) atoms. The van der Waals surface area contributed by atoms with Crippen molar-refractivity contribution in [3.8, 4) is 0 Å². The van der Waals surface area contributed by atoms with Crippen LogP contribution in [0, 0.1) is 0 Å². The lowest BCUT2D eigenvalue weighted by molar-refractivity contribution is 2.32. The second kappa shape index (κ2) is 38.8. The highest BCUT2D eigenvalue weighted by molar-refractivity contribution is 8.39. The molecule has 0 heterocycles. The van der Waals surface area contributed by atoms with Gasteiger partial charge in [-0.25, -0.2) is 0 Å². The molecule has 0 bridgehead atoms. The molecule has 0 spiro atoms. The second-order valence-electron chi connectivity index (χ2n) is 35.3. The van der Waals surface area contributed by atoms with E-state index in [1.807, 2.05) is 0 Å². The Morgan fingerprint density at radius 1 is 0.165 bits per heavy atom. The van der Waals surface area contributed by atoms with Gasteiger partial charge >= 0.3 is 0 Å². The Morgan fingerprint density at radius 2 is 0.342 bits per heavy atom. The molecule has 0 aromatic carbocycles. The topological polar surface area (TPSA) is 0 Å². The summed E-state index contributed by atoms with van der Waals surface area (Å²) >= 11 is 0. The molecule has 0 aliphatic carbocycles. The van der Waals surface area contributed by atoms with Crippen LogP contribution in [0.5, 0.6) is 0 Å². The average molecular weight is 938 g/mol. The SMILES string of the molecule is BBB(B(B)B)B(B(B)B)B(B(B(B)B)B(B)B)B(B(C)B(B(B(B)B)B(B)B)B(B(B)B)B(B)B(B)B)B(B(B(B(B)B)B(B)B)B(B(B)B)B(B(B)B)B(B)B)B(B(B(B)B)B(B)B)B(B(B)B(B)B)B(B(B)B)B(B)B. The van der Waals surface area contributed by atoms with Crippen molar-refractivity contribution < 1.29 is 0 Å². The molecule has 320 valence electrons. The first kappa shape index (κ1) is 84.1. The van der Waals surface area contributed by atoms with Crippen molar-refractivity contribution in [2.45, 2.75) is 6.82 Å². The van der Waals surface area contributed by atoms with Crippen molar-refractivity contribution in [3.05, 3.63) is 0 Å². The molecule has 0 amide bonds. The molecule has 78 heteroatoms. The molecule has 0 N–H and O–H groups in total. The Kier molecular flexibility index (Phi) is 41.3. The quantitative estimate of drug-likeness (QED) is 0.0541. The van der Waals surface area contributed by atoms with Crippen LogP contribution in [-0.4, -0.2) is 552 Å². The molecular formula is CH82B78. The van der Waals surface area contributed by atoms with Gasteiger partial charge in [-0.1, -0.05) is 0 Å². The molecule has 0 fully saturated rings. The van der Waals surface area contributed by atoms with E-state index < -0.39 is 0 Å². The Hall–Kier alpha value is 5.06. The first-order valence-corrected chi connectivity index (χ1v) is 36.0. The van der Waals surface area contributed by atoms with Gasteiger partial charge in [0.15, 0.2) is 0 Å². The van der Waals surface area contributed by atoms with Gasteiger partial charge in [-0.15, -0.1) is 6.82 Å². The van der Waals surface area contributed by atoms with E-state index in [2.05, 4.69) is 309 Å². The summed E-state index contributed by atoms with van der Waals surface area (Å²) in [4.78, 5) is 0. The van der Waals surface area contributed by atoms with E-state index in [1.54, 1.807) is 0 Å². The maximum absolute atomic E-state index is 3.05. The Bertz CT molecular complexity index is 1500. The van der Waals surface area contributed by atoms with Crippen molar-refractivity contribution >= 4 is 552 Å². The molecule has 0 rings (SSSR count). The third-order valence-electron chi connectivity index (χ3n) is 24.1. The van der Waals surface area contributed by atoms with Crippen molar-refractivity contribution in [2.75, 3.05) is 0 Å². The Balaban J connectivity index is 12.1. The fraction of sp³-hybridized carbons (Fsp3) is 1.00. The summed E-state index contributed by atoms with van der Waals surface area (Å²) in [6.45, 7) is 3.58. The smallest absolute Gasteiger partial charge is 0.0593 e. The minimum Gasteiger partial charge on any atom is -0.101 e. The highest BCUT2D eigenvalue weighted by Gasteiger charge is 2.65. The van der Waals surface area contributed by atoms with Crippen LogP contribution in [0.25, 0.3) is 0 Å². The predicted molar refractivity (Wildman–Crippen MR) is 565 cm³/mol. The van der Waals surface area contributed by atoms with Gasteiger partial charge in [0, 0.05) is 250 Å². The van der Waals surface area contributed by atoms with Crippen molar-refractivity contribution in [2.24, 2.45) is 0 Å². The van der Waals surface area contributed by atoms with E-state index in [1.165, 1.54) is 7.06 Å². The van der Waals surface area contributed by atoms with Crippen LogP contribution in [0.15, 0.2) is 0 Å². The van der Waals surface area contributed by atoms with Crippen molar-refractivity contribution in [3.63, 3.8) is 0 Å². The first-order chi connectivity index (χ1) is 36.0. The molecule has 0 unspecified atom stereocenters. The minimum atomic E-state index is 0.533. The lowest BCUT2D eigenvalue weighted by Crippen LogP contribution is -2.97. The van der Waals surface area contributed by atoms with Gasteiger partial charge in [-0.2, -0.15) is 0 Å². The van der Waals surface area contributed by atoms with Crippen LogP contribution in [0.4, 0.5) is 0 Å². The van der Waals surface area contributed by atoms with Gasteiger partial charge in [-0.3, -0.25) is 0 Å². The summed E-state index contributed by atoms with van der Waals surface area (Å²) in [5.41, 5.74) is 0. The minimum absolute atomic E-state index is 0.533. The van der Waals surface area contributed by atoms with E-state index in [0.29, 0.717) is 243 Å².